The number of hydrogen-bond donors (Lipinski definition) is 1. The number of carbonyl (C=O) groups excluding carboxylic acids is 2. The summed E-state index contributed by atoms with van der Waals surface area (Å²) in [6, 6.07) is 20.4. The van der Waals surface area contributed by atoms with E-state index < -0.39 is 10.0 Å². The van der Waals surface area contributed by atoms with Crippen molar-refractivity contribution in [2.24, 2.45) is 0 Å². The van der Waals surface area contributed by atoms with Gasteiger partial charge in [-0.2, -0.15) is 0 Å². The number of piperidine rings is 1. The summed E-state index contributed by atoms with van der Waals surface area (Å²) in [5.41, 5.74) is 1.54. The Bertz CT molecular complexity index is 1270. The van der Waals surface area contributed by atoms with E-state index in [0.29, 0.717) is 24.5 Å². The van der Waals surface area contributed by atoms with Crippen LogP contribution in [0.5, 0.6) is 11.5 Å². The van der Waals surface area contributed by atoms with Crippen LogP contribution in [0.4, 0.5) is 11.4 Å². The summed E-state index contributed by atoms with van der Waals surface area (Å²) in [5, 5.41) is 0. The first-order valence-electron chi connectivity index (χ1n) is 10.7. The third-order valence-electron chi connectivity index (χ3n) is 5.33. The van der Waals surface area contributed by atoms with Gasteiger partial charge in [-0.05, 0) is 54.4 Å². The Balaban J connectivity index is 1.53. The third-order valence-corrected chi connectivity index (χ3v) is 6.73. The van der Waals surface area contributed by atoms with Gasteiger partial charge in [0, 0.05) is 18.5 Å². The van der Waals surface area contributed by atoms with Crippen LogP contribution in [-0.4, -0.2) is 27.3 Å². The van der Waals surface area contributed by atoms with Crippen molar-refractivity contribution in [2.45, 2.75) is 30.8 Å². The van der Waals surface area contributed by atoms with Crippen molar-refractivity contribution in [2.75, 3.05) is 16.7 Å². The normalized spacial score (nSPS) is 14.1. The van der Waals surface area contributed by atoms with E-state index in [9.17, 15) is 18.0 Å². The lowest BCUT2D eigenvalue weighted by atomic mass is 10.1. The van der Waals surface area contributed by atoms with E-state index in [0.717, 1.165) is 10.5 Å². The van der Waals surface area contributed by atoms with Gasteiger partial charge in [-0.25, -0.2) is 8.42 Å². The van der Waals surface area contributed by atoms with Gasteiger partial charge in [0.2, 0.25) is 11.8 Å². The van der Waals surface area contributed by atoms with E-state index in [1.165, 1.54) is 25.3 Å². The quantitative estimate of drug-likeness (QED) is 0.487. The number of imide groups is 1. The molecule has 3 aromatic carbocycles. The van der Waals surface area contributed by atoms with Gasteiger partial charge < -0.3 is 9.47 Å². The Morgan fingerprint density at radius 3 is 2.24 bits per heavy atom. The molecule has 1 aliphatic heterocycles. The van der Waals surface area contributed by atoms with Gasteiger partial charge in [-0.15, -0.1) is 0 Å². The lowest BCUT2D eigenvalue weighted by molar-refractivity contribution is -0.129. The summed E-state index contributed by atoms with van der Waals surface area (Å²) < 4.78 is 39.8. The average molecular weight is 481 g/mol. The Kier molecular flexibility index (Phi) is 6.83. The Labute approximate surface area is 198 Å². The molecule has 1 fully saturated rings. The summed E-state index contributed by atoms with van der Waals surface area (Å²) in [5.74, 6) is -0.0305. The molecule has 9 heteroatoms. The highest BCUT2D eigenvalue weighted by Crippen LogP contribution is 2.32. The van der Waals surface area contributed by atoms with Crippen molar-refractivity contribution in [3.8, 4) is 11.5 Å². The summed E-state index contributed by atoms with van der Waals surface area (Å²) in [4.78, 5) is 25.4. The van der Waals surface area contributed by atoms with Gasteiger partial charge >= 0.3 is 0 Å². The fourth-order valence-electron chi connectivity index (χ4n) is 3.63. The van der Waals surface area contributed by atoms with E-state index >= 15 is 0 Å². The van der Waals surface area contributed by atoms with Crippen molar-refractivity contribution in [1.82, 2.24) is 0 Å². The molecule has 4 rings (SSSR count). The standard InChI is InChI=1S/C25H24N2O6S/c1-32-22-15-12-20(27-24(28)8-5-9-25(27)29)16-23(22)34(30,31)26-19-10-13-21(14-11-19)33-17-18-6-3-2-4-7-18/h2-4,6-7,10-16,26H,5,8-9,17H2,1H3. The minimum Gasteiger partial charge on any atom is -0.495 e. The number of sulfonamides is 1. The topological polar surface area (TPSA) is 102 Å². The van der Waals surface area contributed by atoms with Gasteiger partial charge in [0.1, 0.15) is 23.0 Å². The zero-order chi connectivity index (χ0) is 24.1. The fraction of sp³-hybridized carbons (Fsp3) is 0.200. The molecule has 0 bridgehead atoms. The molecule has 0 atom stereocenters. The monoisotopic (exact) mass is 480 g/mol. The van der Waals surface area contributed by atoms with Gasteiger partial charge in [0.05, 0.1) is 12.8 Å². The number of rotatable bonds is 8. The smallest absolute Gasteiger partial charge is 0.265 e. The van der Waals surface area contributed by atoms with E-state index in [2.05, 4.69) is 4.72 Å². The first kappa shape index (κ1) is 23.3. The summed E-state index contributed by atoms with van der Waals surface area (Å²) in [6.45, 7) is 0.393. The molecule has 0 unspecified atom stereocenters. The van der Waals surface area contributed by atoms with Crippen LogP contribution in [0, 0.1) is 0 Å². The number of nitrogens with one attached hydrogen (secondary N) is 1. The fourth-order valence-corrected chi connectivity index (χ4v) is 4.87. The Hall–Kier alpha value is -3.85. The van der Waals surface area contributed by atoms with Gasteiger partial charge in [-0.3, -0.25) is 19.2 Å². The third kappa shape index (κ3) is 5.20. The molecule has 0 saturated carbocycles. The van der Waals surface area contributed by atoms with E-state index in [1.54, 1.807) is 24.3 Å². The van der Waals surface area contributed by atoms with Crippen LogP contribution in [0.15, 0.2) is 77.7 Å². The second-order valence-corrected chi connectivity index (χ2v) is 9.37. The van der Waals surface area contributed by atoms with Gasteiger partial charge in [0.15, 0.2) is 0 Å². The van der Waals surface area contributed by atoms with E-state index in [4.69, 9.17) is 9.47 Å². The molecule has 2 amide bonds. The van der Waals surface area contributed by atoms with Crippen molar-refractivity contribution < 1.29 is 27.5 Å². The maximum atomic E-state index is 13.2. The lowest BCUT2D eigenvalue weighted by Crippen LogP contribution is -2.40. The van der Waals surface area contributed by atoms with Crippen LogP contribution in [0.25, 0.3) is 0 Å². The van der Waals surface area contributed by atoms with Crippen LogP contribution in [0.3, 0.4) is 0 Å². The van der Waals surface area contributed by atoms with E-state index in [1.807, 2.05) is 30.3 Å². The number of methoxy groups -OCH3 is 1. The van der Waals surface area contributed by atoms with Crippen molar-refractivity contribution in [3.63, 3.8) is 0 Å². The molecule has 1 heterocycles. The molecule has 3 aromatic rings. The highest BCUT2D eigenvalue weighted by molar-refractivity contribution is 7.92. The summed E-state index contributed by atoms with van der Waals surface area (Å²) >= 11 is 0. The molecule has 0 spiro atoms. The second kappa shape index (κ2) is 9.96. The molecule has 176 valence electrons. The Morgan fingerprint density at radius 2 is 1.59 bits per heavy atom. The SMILES string of the molecule is COc1ccc(N2C(=O)CCCC2=O)cc1S(=O)(=O)Nc1ccc(OCc2ccccc2)cc1. The van der Waals surface area contributed by atoms with Crippen molar-refractivity contribution >= 4 is 33.2 Å². The summed E-state index contributed by atoms with van der Waals surface area (Å²) in [6.07, 6.45) is 0.954. The van der Waals surface area contributed by atoms with Gasteiger partial charge in [-0.1, -0.05) is 30.3 Å². The molecule has 0 aliphatic carbocycles. The van der Waals surface area contributed by atoms with Gasteiger partial charge in [0.25, 0.3) is 10.0 Å². The predicted molar refractivity (Wildman–Crippen MR) is 127 cm³/mol. The zero-order valence-corrected chi connectivity index (χ0v) is 19.4. The molecule has 0 aromatic heterocycles. The zero-order valence-electron chi connectivity index (χ0n) is 18.6. The number of hydrogen-bond acceptors (Lipinski definition) is 6. The first-order valence-corrected chi connectivity index (χ1v) is 12.2. The number of anilines is 2. The predicted octanol–water partition coefficient (Wildman–Crippen LogP) is 4.12. The van der Waals surface area contributed by atoms with Crippen LogP contribution in [-0.2, 0) is 26.2 Å². The van der Waals surface area contributed by atoms with Crippen LogP contribution < -0.4 is 19.1 Å². The molecular weight excluding hydrogens is 456 g/mol. The van der Waals surface area contributed by atoms with Crippen molar-refractivity contribution in [1.29, 1.82) is 0 Å². The number of benzene rings is 3. The molecule has 0 radical (unpaired) electrons. The molecular formula is C25H24N2O6S. The highest BCUT2D eigenvalue weighted by atomic mass is 32.2. The van der Waals surface area contributed by atoms with E-state index in [-0.39, 0.29) is 41.0 Å². The number of ether oxygens (including phenoxy) is 2. The molecule has 34 heavy (non-hydrogen) atoms. The number of nitrogens with zero attached hydrogens (tertiary/aromatic N) is 1. The minimum atomic E-state index is -4.09. The maximum absolute atomic E-state index is 13.2. The molecule has 1 saturated heterocycles. The first-order chi connectivity index (χ1) is 16.4. The maximum Gasteiger partial charge on any atom is 0.265 e. The average Bonchev–Trinajstić information content (AvgIpc) is 2.84. The van der Waals surface area contributed by atoms with Crippen LogP contribution >= 0.6 is 0 Å². The Morgan fingerprint density at radius 1 is 0.912 bits per heavy atom. The second-order valence-electron chi connectivity index (χ2n) is 7.72. The lowest BCUT2D eigenvalue weighted by Gasteiger charge is -2.25. The highest BCUT2D eigenvalue weighted by Gasteiger charge is 2.29. The minimum absolute atomic E-state index is 0.0935. The summed E-state index contributed by atoms with van der Waals surface area (Å²) in [7, 11) is -2.73. The molecule has 1 N–H and O–H groups in total. The van der Waals surface area contributed by atoms with Crippen molar-refractivity contribution in [3.05, 3.63) is 78.4 Å². The van der Waals surface area contributed by atoms with Crippen LogP contribution in [0.2, 0.25) is 0 Å². The van der Waals surface area contributed by atoms with Crippen LogP contribution in [0.1, 0.15) is 24.8 Å². The molecule has 1 aliphatic rings. The number of amides is 2. The molecule has 8 nitrogen and oxygen atoms in total. The number of carbonyl (C=O) groups is 2. The largest absolute Gasteiger partial charge is 0.495 e.